The number of ether oxygens (including phenoxy) is 3. The van der Waals surface area contributed by atoms with Gasteiger partial charge in [-0.15, -0.1) is 5.10 Å². The fourth-order valence-corrected chi connectivity index (χ4v) is 3.33. The molecule has 3 rings (SSSR count). The number of aromatic nitrogens is 3. The molecule has 36 heavy (non-hydrogen) atoms. The van der Waals surface area contributed by atoms with Gasteiger partial charge in [-0.2, -0.15) is 13.5 Å². The summed E-state index contributed by atoms with van der Waals surface area (Å²) >= 11 is 0. The van der Waals surface area contributed by atoms with Crippen molar-refractivity contribution in [2.24, 2.45) is 0 Å². The van der Waals surface area contributed by atoms with Gasteiger partial charge in [0.2, 0.25) is 0 Å². The van der Waals surface area contributed by atoms with Gasteiger partial charge in [-0.05, 0) is 31.2 Å². The minimum atomic E-state index is -3.52. The number of halogens is 2. The van der Waals surface area contributed by atoms with Gasteiger partial charge in [0.1, 0.15) is 23.4 Å². The number of alkyl halides is 2. The van der Waals surface area contributed by atoms with E-state index in [0.29, 0.717) is 4.68 Å². The van der Waals surface area contributed by atoms with E-state index in [9.17, 15) is 26.8 Å². The van der Waals surface area contributed by atoms with Gasteiger partial charge in [0.25, 0.3) is 5.91 Å². The third-order valence-electron chi connectivity index (χ3n) is 4.29. The van der Waals surface area contributed by atoms with E-state index in [0.717, 1.165) is 12.5 Å². The van der Waals surface area contributed by atoms with Gasteiger partial charge in [-0.3, -0.25) is 4.79 Å². The topological polar surface area (TPSA) is 159 Å². The Kier molecular flexibility index (Phi) is 8.16. The first-order valence-corrected chi connectivity index (χ1v) is 12.0. The van der Waals surface area contributed by atoms with Crippen molar-refractivity contribution >= 4 is 27.7 Å². The highest BCUT2D eigenvalue weighted by Gasteiger charge is 2.16. The molecule has 0 bridgehead atoms. The number of nitrogens with zero attached hydrogens (tertiary/aromatic N) is 3. The van der Waals surface area contributed by atoms with Crippen LogP contribution in [0.15, 0.2) is 53.8 Å². The SMILES string of the molecule is C[C@@H](COC(F)F)Oc1cc(Oc2ccc(S(C)(=O)=O)nc2)cc(C(=O)Nc2ccn(C(=O)O)n2)c1. The van der Waals surface area contributed by atoms with E-state index in [1.807, 2.05) is 0 Å². The first-order chi connectivity index (χ1) is 16.9. The Hall–Kier alpha value is -4.11. The molecule has 0 radical (unpaired) electrons. The highest BCUT2D eigenvalue weighted by Crippen LogP contribution is 2.29. The number of rotatable bonds is 10. The van der Waals surface area contributed by atoms with Crippen LogP contribution in [0.2, 0.25) is 0 Å². The number of nitrogens with one attached hydrogen (secondary N) is 1. The van der Waals surface area contributed by atoms with Crippen LogP contribution in [0.25, 0.3) is 0 Å². The lowest BCUT2D eigenvalue weighted by atomic mass is 10.2. The van der Waals surface area contributed by atoms with E-state index in [1.165, 1.54) is 49.5 Å². The highest BCUT2D eigenvalue weighted by atomic mass is 32.2. The zero-order valence-corrected chi connectivity index (χ0v) is 19.6. The molecule has 0 spiro atoms. The predicted octanol–water partition coefficient (Wildman–Crippen LogP) is 3.26. The van der Waals surface area contributed by atoms with Crippen molar-refractivity contribution in [2.75, 3.05) is 18.2 Å². The summed E-state index contributed by atoms with van der Waals surface area (Å²) in [6, 6.07) is 7.86. The summed E-state index contributed by atoms with van der Waals surface area (Å²) in [4.78, 5) is 27.6. The van der Waals surface area contributed by atoms with Crippen LogP contribution in [0.1, 0.15) is 17.3 Å². The molecule has 12 nitrogen and oxygen atoms in total. The Morgan fingerprint density at radius 1 is 1.14 bits per heavy atom. The van der Waals surface area contributed by atoms with E-state index in [2.05, 4.69) is 20.1 Å². The van der Waals surface area contributed by atoms with Crippen molar-refractivity contribution in [1.82, 2.24) is 14.8 Å². The largest absolute Gasteiger partial charge is 0.488 e. The van der Waals surface area contributed by atoms with Crippen molar-refractivity contribution < 1.29 is 46.1 Å². The molecule has 0 aliphatic carbocycles. The van der Waals surface area contributed by atoms with Crippen LogP contribution in [0.3, 0.4) is 0 Å². The number of amides is 1. The van der Waals surface area contributed by atoms with Gasteiger partial charge in [0.05, 0.1) is 12.8 Å². The van der Waals surface area contributed by atoms with E-state index >= 15 is 0 Å². The Morgan fingerprint density at radius 2 is 1.86 bits per heavy atom. The molecule has 0 saturated carbocycles. The van der Waals surface area contributed by atoms with Crippen LogP contribution < -0.4 is 14.8 Å². The van der Waals surface area contributed by atoms with Crippen LogP contribution in [0.4, 0.5) is 19.4 Å². The Bertz CT molecular complexity index is 1350. The first kappa shape index (κ1) is 26.5. The maximum atomic E-state index is 12.8. The summed E-state index contributed by atoms with van der Waals surface area (Å²) in [7, 11) is -3.52. The highest BCUT2D eigenvalue weighted by molar-refractivity contribution is 7.90. The standard InChI is InChI=1S/C21H20F2N4O8S/c1-12(11-33-20(22)23)34-15-7-13(19(28)25-17-5-6-27(26-17)21(29)30)8-16(9-15)35-14-3-4-18(24-10-14)36(2,31)32/h3-10,12,20H,11H2,1-2H3,(H,29,30)(H,25,26,28)/t12-/m0/s1. The number of benzene rings is 1. The molecule has 3 aromatic rings. The zero-order valence-electron chi connectivity index (χ0n) is 18.8. The molecule has 0 fully saturated rings. The number of hydrogen-bond donors (Lipinski definition) is 2. The average Bonchev–Trinajstić information content (AvgIpc) is 3.26. The van der Waals surface area contributed by atoms with Crippen molar-refractivity contribution in [3.63, 3.8) is 0 Å². The molecule has 1 amide bonds. The molecule has 0 aliphatic heterocycles. The molecular formula is C21H20F2N4O8S. The molecule has 15 heteroatoms. The number of sulfone groups is 1. The van der Waals surface area contributed by atoms with Gasteiger partial charge in [-0.1, -0.05) is 0 Å². The van der Waals surface area contributed by atoms with Crippen LogP contribution in [0.5, 0.6) is 17.2 Å². The molecule has 0 aliphatic rings. The molecule has 192 valence electrons. The van der Waals surface area contributed by atoms with Crippen molar-refractivity contribution in [3.8, 4) is 17.2 Å². The van der Waals surface area contributed by atoms with Crippen LogP contribution in [-0.4, -0.2) is 65.9 Å². The second kappa shape index (κ2) is 11.1. The molecule has 2 heterocycles. The first-order valence-electron chi connectivity index (χ1n) is 10.1. The number of carbonyl (C=O) groups is 2. The maximum Gasteiger partial charge on any atom is 0.432 e. The molecule has 0 unspecified atom stereocenters. The van der Waals surface area contributed by atoms with E-state index in [4.69, 9.17) is 14.6 Å². The minimum Gasteiger partial charge on any atom is -0.488 e. The predicted molar refractivity (Wildman–Crippen MR) is 120 cm³/mol. The van der Waals surface area contributed by atoms with Gasteiger partial charge in [0, 0.05) is 30.1 Å². The van der Waals surface area contributed by atoms with E-state index in [-0.39, 0.29) is 33.7 Å². The number of hydrogen-bond acceptors (Lipinski definition) is 9. The van der Waals surface area contributed by atoms with Crippen molar-refractivity contribution in [2.45, 2.75) is 24.7 Å². The van der Waals surface area contributed by atoms with Gasteiger partial charge in [0.15, 0.2) is 20.7 Å². The minimum absolute atomic E-state index is 0.00457. The number of carbonyl (C=O) groups excluding carboxylic acids is 1. The van der Waals surface area contributed by atoms with Crippen LogP contribution >= 0.6 is 0 Å². The summed E-state index contributed by atoms with van der Waals surface area (Å²) in [5, 5.41) is 14.9. The molecular weight excluding hydrogens is 506 g/mol. The van der Waals surface area contributed by atoms with E-state index < -0.39 is 41.2 Å². The Morgan fingerprint density at radius 3 is 2.44 bits per heavy atom. The Labute approximate surface area is 203 Å². The fraction of sp³-hybridized carbons (Fsp3) is 0.238. The maximum absolute atomic E-state index is 12.8. The lowest BCUT2D eigenvalue weighted by Gasteiger charge is -2.17. The summed E-state index contributed by atoms with van der Waals surface area (Å²) in [6.07, 6.45) is 1.12. The number of anilines is 1. The van der Waals surface area contributed by atoms with E-state index in [1.54, 1.807) is 0 Å². The molecule has 1 aromatic carbocycles. The summed E-state index contributed by atoms with van der Waals surface area (Å²) in [6.45, 7) is -1.95. The number of carboxylic acid groups (broad SMARTS) is 1. The third-order valence-corrected chi connectivity index (χ3v) is 5.29. The van der Waals surface area contributed by atoms with Crippen LogP contribution in [-0.2, 0) is 14.6 Å². The Balaban J connectivity index is 1.86. The molecule has 2 N–H and O–H groups in total. The average molecular weight is 526 g/mol. The quantitative estimate of drug-likeness (QED) is 0.401. The lowest BCUT2D eigenvalue weighted by molar-refractivity contribution is -0.142. The molecule has 0 saturated heterocycles. The summed E-state index contributed by atoms with van der Waals surface area (Å²) in [5.41, 5.74) is -0.00457. The van der Waals surface area contributed by atoms with Gasteiger partial charge < -0.3 is 24.6 Å². The summed E-state index contributed by atoms with van der Waals surface area (Å²) < 4.78 is 63.9. The fourth-order valence-electron chi connectivity index (χ4n) is 2.77. The lowest BCUT2D eigenvalue weighted by Crippen LogP contribution is -2.21. The second-order valence-electron chi connectivity index (χ2n) is 7.30. The normalized spacial score (nSPS) is 12.2. The van der Waals surface area contributed by atoms with Gasteiger partial charge in [-0.25, -0.2) is 18.2 Å². The number of pyridine rings is 1. The smallest absolute Gasteiger partial charge is 0.432 e. The molecule has 2 aromatic heterocycles. The van der Waals surface area contributed by atoms with Crippen molar-refractivity contribution in [3.05, 3.63) is 54.4 Å². The molecule has 1 atom stereocenters. The van der Waals surface area contributed by atoms with Crippen LogP contribution in [0, 0.1) is 0 Å². The third kappa shape index (κ3) is 7.44. The monoisotopic (exact) mass is 526 g/mol. The zero-order chi connectivity index (χ0) is 26.5. The summed E-state index contributed by atoms with van der Waals surface area (Å²) in [5.74, 6) is -0.469. The van der Waals surface area contributed by atoms with Crippen molar-refractivity contribution in [1.29, 1.82) is 0 Å². The van der Waals surface area contributed by atoms with Gasteiger partial charge >= 0.3 is 12.7 Å². The second-order valence-corrected chi connectivity index (χ2v) is 9.27.